The van der Waals surface area contributed by atoms with Crippen LogP contribution in [0.25, 0.3) is 0 Å². The van der Waals surface area contributed by atoms with E-state index in [4.69, 9.17) is 9.47 Å². The van der Waals surface area contributed by atoms with Gasteiger partial charge in [0.25, 0.3) is 6.29 Å². The maximum Gasteiger partial charge on any atom is 0.269 e. The van der Waals surface area contributed by atoms with Crippen LogP contribution in [0.2, 0.25) is 0 Å². The first-order chi connectivity index (χ1) is 14.8. The van der Waals surface area contributed by atoms with Crippen LogP contribution in [0.4, 0.5) is 0 Å². The Labute approximate surface area is 189 Å². The number of piperazine rings is 1. The second-order valence-corrected chi connectivity index (χ2v) is 11.5. The van der Waals surface area contributed by atoms with Crippen LogP contribution in [0.15, 0.2) is 36.4 Å². The van der Waals surface area contributed by atoms with E-state index in [1.165, 1.54) is 49.8 Å². The average molecular weight is 427 g/mol. The van der Waals surface area contributed by atoms with Gasteiger partial charge in [0.15, 0.2) is 0 Å². The van der Waals surface area contributed by atoms with Crippen molar-refractivity contribution >= 4 is 0 Å². The number of benzene rings is 1. The zero-order valence-electron chi connectivity index (χ0n) is 20.3. The Morgan fingerprint density at radius 3 is 2.23 bits per heavy atom. The second kappa shape index (κ2) is 9.05. The van der Waals surface area contributed by atoms with E-state index in [1.54, 1.807) is 0 Å². The van der Waals surface area contributed by atoms with E-state index in [-0.39, 0.29) is 6.29 Å². The molecule has 0 aromatic heterocycles. The van der Waals surface area contributed by atoms with Gasteiger partial charge in [-0.1, -0.05) is 65.3 Å². The Kier molecular flexibility index (Phi) is 6.57. The molecular weight excluding hydrogens is 384 g/mol. The lowest BCUT2D eigenvalue weighted by Gasteiger charge is -2.45. The lowest BCUT2D eigenvalue weighted by atomic mass is 9.60. The highest BCUT2D eigenvalue weighted by Crippen LogP contribution is 2.53. The van der Waals surface area contributed by atoms with Gasteiger partial charge in [-0.25, -0.2) is 0 Å². The van der Waals surface area contributed by atoms with Crippen molar-refractivity contribution in [2.75, 3.05) is 32.7 Å². The maximum absolute atomic E-state index is 6.39. The standard InChI is InChI=1S/C27H42N2O2/c1-6-7-12-28-13-15-29(16-14-28)24-19-30-25(31-24)23-11-9-8-10-22(23)21-17-26(2,3)20-27(4,5)18-21/h8-11,19,21,25H,6-7,12-18,20H2,1-5H3. The number of rotatable bonds is 6. The summed E-state index contributed by atoms with van der Waals surface area (Å²) in [7, 11) is 0. The molecule has 0 radical (unpaired) electrons. The fourth-order valence-electron chi connectivity index (χ4n) is 6.31. The Morgan fingerprint density at radius 2 is 1.58 bits per heavy atom. The minimum atomic E-state index is -0.322. The molecule has 0 bridgehead atoms. The highest BCUT2D eigenvalue weighted by atomic mass is 16.7. The van der Waals surface area contributed by atoms with E-state index in [2.05, 4.69) is 68.7 Å². The van der Waals surface area contributed by atoms with Gasteiger partial charge in [0.1, 0.15) is 6.26 Å². The quantitative estimate of drug-likeness (QED) is 0.535. The van der Waals surface area contributed by atoms with E-state index in [9.17, 15) is 0 Å². The van der Waals surface area contributed by atoms with E-state index in [0.29, 0.717) is 16.7 Å². The molecule has 1 saturated carbocycles. The van der Waals surface area contributed by atoms with E-state index >= 15 is 0 Å². The third-order valence-corrected chi connectivity index (χ3v) is 7.28. The van der Waals surface area contributed by atoms with Crippen LogP contribution in [0.5, 0.6) is 0 Å². The van der Waals surface area contributed by atoms with Crippen molar-refractivity contribution in [3.05, 3.63) is 47.5 Å². The topological polar surface area (TPSA) is 24.9 Å². The maximum atomic E-state index is 6.39. The van der Waals surface area contributed by atoms with Gasteiger partial charge >= 0.3 is 0 Å². The van der Waals surface area contributed by atoms with Gasteiger partial charge in [0, 0.05) is 31.7 Å². The van der Waals surface area contributed by atoms with Gasteiger partial charge < -0.3 is 14.4 Å². The highest BCUT2D eigenvalue weighted by molar-refractivity contribution is 5.33. The van der Waals surface area contributed by atoms with Crippen LogP contribution in [0, 0.1) is 10.8 Å². The monoisotopic (exact) mass is 426 g/mol. The molecule has 2 heterocycles. The Morgan fingerprint density at radius 1 is 0.935 bits per heavy atom. The largest absolute Gasteiger partial charge is 0.453 e. The fraction of sp³-hybridized carbons (Fsp3) is 0.704. The molecule has 1 aromatic rings. The summed E-state index contributed by atoms with van der Waals surface area (Å²) in [6.45, 7) is 17.4. The van der Waals surface area contributed by atoms with Crippen molar-refractivity contribution in [2.24, 2.45) is 10.8 Å². The molecule has 2 fully saturated rings. The summed E-state index contributed by atoms with van der Waals surface area (Å²) in [5.74, 6) is 1.45. The highest BCUT2D eigenvalue weighted by Gasteiger charge is 2.40. The summed E-state index contributed by atoms with van der Waals surface area (Å²) in [6.07, 6.45) is 7.80. The molecule has 172 valence electrons. The molecule has 0 spiro atoms. The first kappa shape index (κ1) is 22.5. The molecule has 31 heavy (non-hydrogen) atoms. The van der Waals surface area contributed by atoms with Crippen LogP contribution >= 0.6 is 0 Å². The minimum Gasteiger partial charge on any atom is -0.453 e. The third-order valence-electron chi connectivity index (χ3n) is 7.28. The molecule has 3 aliphatic rings. The molecule has 1 atom stereocenters. The lowest BCUT2D eigenvalue weighted by molar-refractivity contribution is -0.0573. The van der Waals surface area contributed by atoms with Gasteiger partial charge in [-0.3, -0.25) is 4.90 Å². The average Bonchev–Trinajstić information content (AvgIpc) is 3.20. The van der Waals surface area contributed by atoms with E-state index < -0.39 is 0 Å². The Balaban J connectivity index is 1.42. The molecule has 1 aromatic carbocycles. The van der Waals surface area contributed by atoms with Crippen molar-refractivity contribution in [3.8, 4) is 0 Å². The Bertz CT molecular complexity index is 761. The SMILES string of the molecule is CCCCN1CCN(C2=COC(c3ccccc3C3CC(C)(C)CC(C)(C)C3)O2)CC1. The smallest absolute Gasteiger partial charge is 0.269 e. The van der Waals surface area contributed by atoms with Gasteiger partial charge in [0.05, 0.1) is 0 Å². The van der Waals surface area contributed by atoms with Crippen LogP contribution in [0.3, 0.4) is 0 Å². The molecule has 4 nitrogen and oxygen atoms in total. The molecule has 1 saturated heterocycles. The summed E-state index contributed by atoms with van der Waals surface area (Å²) in [5.41, 5.74) is 3.33. The van der Waals surface area contributed by atoms with E-state index in [0.717, 1.165) is 32.1 Å². The van der Waals surface area contributed by atoms with Gasteiger partial charge in [0.2, 0.25) is 5.88 Å². The summed E-state index contributed by atoms with van der Waals surface area (Å²) in [5, 5.41) is 0. The molecule has 1 unspecified atom stereocenters. The van der Waals surface area contributed by atoms with Crippen molar-refractivity contribution in [1.82, 2.24) is 9.80 Å². The van der Waals surface area contributed by atoms with Crippen LogP contribution in [0.1, 0.15) is 90.1 Å². The zero-order chi connectivity index (χ0) is 22.1. The van der Waals surface area contributed by atoms with Crippen molar-refractivity contribution in [2.45, 2.75) is 78.9 Å². The summed E-state index contributed by atoms with van der Waals surface area (Å²) in [6, 6.07) is 8.80. The predicted molar refractivity (Wildman–Crippen MR) is 127 cm³/mol. The molecule has 2 aliphatic heterocycles. The molecule has 0 N–H and O–H groups in total. The fourth-order valence-corrected chi connectivity index (χ4v) is 6.31. The number of unbranched alkanes of at least 4 members (excludes halogenated alkanes) is 1. The summed E-state index contributed by atoms with van der Waals surface area (Å²) in [4.78, 5) is 4.91. The van der Waals surface area contributed by atoms with Crippen LogP contribution in [-0.4, -0.2) is 42.5 Å². The third kappa shape index (κ3) is 5.39. The first-order valence-electron chi connectivity index (χ1n) is 12.3. The van der Waals surface area contributed by atoms with E-state index in [1.807, 2.05) is 6.26 Å². The van der Waals surface area contributed by atoms with Crippen molar-refractivity contribution in [1.29, 1.82) is 0 Å². The second-order valence-electron chi connectivity index (χ2n) is 11.5. The van der Waals surface area contributed by atoms with Crippen molar-refractivity contribution in [3.63, 3.8) is 0 Å². The first-order valence-corrected chi connectivity index (χ1v) is 12.3. The number of hydrogen-bond acceptors (Lipinski definition) is 4. The molecule has 1 aliphatic carbocycles. The summed E-state index contributed by atoms with van der Waals surface area (Å²) >= 11 is 0. The number of ether oxygens (including phenoxy) is 2. The summed E-state index contributed by atoms with van der Waals surface area (Å²) < 4.78 is 12.5. The van der Waals surface area contributed by atoms with Crippen molar-refractivity contribution < 1.29 is 9.47 Å². The molecule has 0 amide bonds. The normalized spacial score (nSPS) is 26.3. The van der Waals surface area contributed by atoms with Gasteiger partial charge in [-0.2, -0.15) is 0 Å². The predicted octanol–water partition coefficient (Wildman–Crippen LogP) is 6.27. The van der Waals surface area contributed by atoms with Gasteiger partial charge in [-0.15, -0.1) is 0 Å². The number of hydrogen-bond donors (Lipinski definition) is 0. The molecule has 4 heteroatoms. The zero-order valence-corrected chi connectivity index (χ0v) is 20.3. The minimum absolute atomic E-state index is 0.322. The number of nitrogens with zero attached hydrogens (tertiary/aromatic N) is 2. The lowest BCUT2D eigenvalue weighted by Crippen LogP contribution is -2.46. The molecule has 4 rings (SSSR count). The Hall–Kier alpha value is -1.68. The van der Waals surface area contributed by atoms with Gasteiger partial charge in [-0.05, 0) is 54.5 Å². The van der Waals surface area contributed by atoms with Crippen LogP contribution < -0.4 is 0 Å². The van der Waals surface area contributed by atoms with Crippen LogP contribution in [-0.2, 0) is 9.47 Å². The molecular formula is C27H42N2O2.